The smallest absolute Gasteiger partial charge is 0.137 e. The quantitative estimate of drug-likeness (QED) is 0.850. The molecule has 0 saturated carbocycles. The number of hydrogen-bond donors (Lipinski definition) is 0. The van der Waals surface area contributed by atoms with Gasteiger partial charge in [-0.15, -0.1) is 0 Å². The maximum atomic E-state index is 13.4. The predicted octanol–water partition coefficient (Wildman–Crippen LogP) is 2.99. The van der Waals surface area contributed by atoms with E-state index in [4.69, 9.17) is 4.74 Å². The number of benzene rings is 1. The van der Waals surface area contributed by atoms with Crippen LogP contribution in [0, 0.1) is 5.82 Å². The Hall–Kier alpha value is -0.450. The van der Waals surface area contributed by atoms with Crippen LogP contribution in [0.15, 0.2) is 22.7 Å². The van der Waals surface area contributed by atoms with Crippen LogP contribution in [0.5, 0.6) is 0 Å². The van der Waals surface area contributed by atoms with Gasteiger partial charge in [0.05, 0.1) is 17.7 Å². The van der Waals surface area contributed by atoms with Gasteiger partial charge >= 0.3 is 0 Å². The molecule has 2 bridgehead atoms. The second-order valence-corrected chi connectivity index (χ2v) is 6.01. The first-order chi connectivity index (χ1) is 8.74. The minimum atomic E-state index is -0.169. The van der Waals surface area contributed by atoms with Gasteiger partial charge in [-0.2, -0.15) is 0 Å². The molecule has 0 N–H and O–H groups in total. The van der Waals surface area contributed by atoms with Crippen LogP contribution in [0.4, 0.5) is 4.39 Å². The minimum absolute atomic E-state index is 0.169. The van der Waals surface area contributed by atoms with Crippen LogP contribution < -0.4 is 0 Å². The fraction of sp³-hybridized carbons (Fsp3) is 0.571. The Morgan fingerprint density at radius 1 is 1.28 bits per heavy atom. The van der Waals surface area contributed by atoms with Crippen molar-refractivity contribution in [1.29, 1.82) is 0 Å². The molecule has 2 heterocycles. The molecule has 2 unspecified atom stereocenters. The highest BCUT2D eigenvalue weighted by atomic mass is 79.9. The highest BCUT2D eigenvalue weighted by Gasteiger charge is 2.36. The monoisotopic (exact) mass is 313 g/mol. The van der Waals surface area contributed by atoms with Crippen molar-refractivity contribution in [3.63, 3.8) is 0 Å². The fourth-order valence-electron chi connectivity index (χ4n) is 3.03. The van der Waals surface area contributed by atoms with Gasteiger partial charge in [0.1, 0.15) is 5.82 Å². The van der Waals surface area contributed by atoms with Crippen molar-refractivity contribution in [1.82, 2.24) is 4.90 Å². The first-order valence-electron chi connectivity index (χ1n) is 6.51. The van der Waals surface area contributed by atoms with E-state index in [0.29, 0.717) is 16.6 Å². The lowest BCUT2D eigenvalue weighted by atomic mass is 10.1. The highest BCUT2D eigenvalue weighted by molar-refractivity contribution is 9.10. The third kappa shape index (κ3) is 2.46. The van der Waals surface area contributed by atoms with Crippen molar-refractivity contribution in [2.24, 2.45) is 0 Å². The van der Waals surface area contributed by atoms with Crippen LogP contribution in [-0.4, -0.2) is 36.7 Å². The number of hydrogen-bond acceptors (Lipinski definition) is 2. The lowest BCUT2D eigenvalue weighted by molar-refractivity contribution is -0.0137. The van der Waals surface area contributed by atoms with Gasteiger partial charge < -0.3 is 4.74 Å². The summed E-state index contributed by atoms with van der Waals surface area (Å²) in [5, 5.41) is 0. The summed E-state index contributed by atoms with van der Waals surface area (Å²) in [6.07, 6.45) is 3.41. The van der Waals surface area contributed by atoms with E-state index >= 15 is 0 Å². The molecule has 2 fully saturated rings. The predicted molar refractivity (Wildman–Crippen MR) is 72.1 cm³/mol. The molecule has 1 aromatic rings. The number of halogens is 2. The normalized spacial score (nSPS) is 27.7. The molecule has 4 heteroatoms. The number of ether oxygens (including phenoxy) is 1. The van der Waals surface area contributed by atoms with Crippen molar-refractivity contribution in [3.05, 3.63) is 34.1 Å². The van der Waals surface area contributed by atoms with Crippen molar-refractivity contribution in [2.45, 2.75) is 31.3 Å². The Bertz CT molecular complexity index is 424. The lowest BCUT2D eigenvalue weighted by Gasteiger charge is -2.34. The molecular formula is C14H17BrFNO. The molecule has 2 aliphatic rings. The summed E-state index contributed by atoms with van der Waals surface area (Å²) in [6.45, 7) is 2.75. The summed E-state index contributed by atoms with van der Waals surface area (Å²) >= 11 is 3.18. The average Bonchev–Trinajstić information content (AvgIpc) is 2.60. The van der Waals surface area contributed by atoms with Gasteiger partial charge in [0.2, 0.25) is 0 Å². The molecule has 0 aromatic heterocycles. The van der Waals surface area contributed by atoms with E-state index in [-0.39, 0.29) is 5.82 Å². The van der Waals surface area contributed by atoms with Gasteiger partial charge in [-0.1, -0.05) is 6.07 Å². The maximum absolute atomic E-state index is 13.4. The summed E-state index contributed by atoms with van der Waals surface area (Å²) in [6, 6.07) is 6.59. The molecule has 98 valence electrons. The van der Waals surface area contributed by atoms with Crippen molar-refractivity contribution < 1.29 is 9.13 Å². The zero-order valence-corrected chi connectivity index (χ0v) is 11.8. The first kappa shape index (κ1) is 12.6. The Kier molecular flexibility index (Phi) is 3.68. The number of rotatable bonds is 3. The molecule has 2 atom stereocenters. The summed E-state index contributed by atoms with van der Waals surface area (Å²) in [7, 11) is 0. The second kappa shape index (κ2) is 5.27. The summed E-state index contributed by atoms with van der Waals surface area (Å²) in [4.78, 5) is 2.55. The van der Waals surface area contributed by atoms with Crippen molar-refractivity contribution >= 4 is 15.9 Å². The van der Waals surface area contributed by atoms with Crippen LogP contribution in [0.3, 0.4) is 0 Å². The first-order valence-corrected chi connectivity index (χ1v) is 7.31. The average molecular weight is 314 g/mol. The molecule has 18 heavy (non-hydrogen) atoms. The van der Waals surface area contributed by atoms with Crippen LogP contribution in [0.1, 0.15) is 18.4 Å². The molecule has 0 spiro atoms. The zero-order valence-electron chi connectivity index (χ0n) is 10.2. The van der Waals surface area contributed by atoms with Crippen LogP contribution in [-0.2, 0) is 11.2 Å². The molecule has 2 nitrogen and oxygen atoms in total. The van der Waals surface area contributed by atoms with E-state index in [0.717, 1.165) is 31.7 Å². The second-order valence-electron chi connectivity index (χ2n) is 5.16. The van der Waals surface area contributed by atoms with E-state index in [1.54, 1.807) is 12.1 Å². The molecular weight excluding hydrogens is 297 g/mol. The largest absolute Gasteiger partial charge is 0.378 e. The Morgan fingerprint density at radius 3 is 2.67 bits per heavy atom. The minimum Gasteiger partial charge on any atom is -0.378 e. The Balaban J connectivity index is 1.62. The van der Waals surface area contributed by atoms with Crippen molar-refractivity contribution in [3.8, 4) is 0 Å². The zero-order chi connectivity index (χ0) is 12.5. The van der Waals surface area contributed by atoms with Crippen molar-refractivity contribution in [2.75, 3.05) is 19.8 Å². The van der Waals surface area contributed by atoms with Gasteiger partial charge in [-0.3, -0.25) is 4.90 Å². The van der Waals surface area contributed by atoms with Crippen LogP contribution in [0.25, 0.3) is 0 Å². The number of fused-ring (bicyclic) bond motifs is 2. The van der Waals surface area contributed by atoms with Gasteiger partial charge in [0, 0.05) is 18.6 Å². The summed E-state index contributed by atoms with van der Waals surface area (Å²) in [5.41, 5.74) is 1.07. The van der Waals surface area contributed by atoms with Gasteiger partial charge in [0.15, 0.2) is 0 Å². The molecule has 0 amide bonds. The van der Waals surface area contributed by atoms with E-state index in [9.17, 15) is 4.39 Å². The van der Waals surface area contributed by atoms with E-state index < -0.39 is 0 Å². The van der Waals surface area contributed by atoms with Gasteiger partial charge in [0.25, 0.3) is 0 Å². The van der Waals surface area contributed by atoms with Gasteiger partial charge in [-0.05, 0) is 52.9 Å². The standard InChI is InChI=1S/C14H17BrFNO/c15-13-4-1-10(7-14(13)16)5-6-17-11-2-3-12(17)9-18-8-11/h1,4,7,11-12H,2-3,5-6,8-9H2. The third-order valence-corrected chi connectivity index (χ3v) is 4.68. The molecule has 0 radical (unpaired) electrons. The topological polar surface area (TPSA) is 12.5 Å². The molecule has 0 aliphatic carbocycles. The number of morpholine rings is 1. The Morgan fingerprint density at radius 2 is 2.00 bits per heavy atom. The van der Waals surface area contributed by atoms with E-state index in [1.807, 2.05) is 6.07 Å². The van der Waals surface area contributed by atoms with Gasteiger partial charge in [-0.25, -0.2) is 4.39 Å². The lowest BCUT2D eigenvalue weighted by Crippen LogP contribution is -2.46. The summed E-state index contributed by atoms with van der Waals surface area (Å²) in [5.74, 6) is -0.169. The number of nitrogens with zero attached hydrogens (tertiary/aromatic N) is 1. The van der Waals surface area contributed by atoms with Crippen LogP contribution >= 0.6 is 15.9 Å². The van der Waals surface area contributed by atoms with E-state index in [1.165, 1.54) is 12.8 Å². The molecule has 1 aromatic carbocycles. The van der Waals surface area contributed by atoms with E-state index in [2.05, 4.69) is 20.8 Å². The molecule has 2 saturated heterocycles. The fourth-order valence-corrected chi connectivity index (χ4v) is 3.28. The molecule has 2 aliphatic heterocycles. The molecule has 3 rings (SSSR count). The highest BCUT2D eigenvalue weighted by Crippen LogP contribution is 2.28. The SMILES string of the molecule is Fc1cc(CCN2C3CCC2COC3)ccc1Br. The third-order valence-electron chi connectivity index (χ3n) is 4.03. The summed E-state index contributed by atoms with van der Waals surface area (Å²) < 4.78 is 19.5. The maximum Gasteiger partial charge on any atom is 0.137 e. The Labute approximate surface area is 115 Å². The van der Waals surface area contributed by atoms with Crippen LogP contribution in [0.2, 0.25) is 0 Å².